The van der Waals surface area contributed by atoms with Crippen molar-refractivity contribution in [2.45, 2.75) is 13.2 Å². The normalized spacial score (nSPS) is 15.0. The molecule has 1 fully saturated rings. The average molecular weight is 533 g/mol. The van der Waals surface area contributed by atoms with Crippen LogP contribution in [-0.2, 0) is 17.9 Å². The van der Waals surface area contributed by atoms with Crippen molar-refractivity contribution in [1.29, 1.82) is 0 Å². The fourth-order valence-corrected chi connectivity index (χ4v) is 4.44. The molecular formula is C24H16BrClFNO3S. The van der Waals surface area contributed by atoms with Crippen LogP contribution in [0.4, 0.5) is 9.18 Å². The molecule has 1 heterocycles. The summed E-state index contributed by atoms with van der Waals surface area (Å²) < 4.78 is 20.1. The third-order valence-corrected chi connectivity index (χ3v) is 6.32. The Morgan fingerprint density at radius 2 is 1.81 bits per heavy atom. The maximum atomic E-state index is 13.4. The van der Waals surface area contributed by atoms with Crippen LogP contribution >= 0.6 is 39.3 Å². The number of thioether (sulfide) groups is 1. The number of nitrogens with zero attached hydrogens (tertiary/aromatic N) is 1. The fraction of sp³-hybridized carbons (Fsp3) is 0.0833. The molecule has 0 radical (unpaired) electrons. The van der Waals surface area contributed by atoms with Crippen LogP contribution in [0.2, 0.25) is 5.02 Å². The van der Waals surface area contributed by atoms with Gasteiger partial charge in [0.15, 0.2) is 0 Å². The molecule has 4 nitrogen and oxygen atoms in total. The van der Waals surface area contributed by atoms with E-state index in [4.69, 9.17) is 16.3 Å². The van der Waals surface area contributed by atoms with Crippen molar-refractivity contribution in [2.75, 3.05) is 0 Å². The zero-order valence-corrected chi connectivity index (χ0v) is 19.7. The summed E-state index contributed by atoms with van der Waals surface area (Å²) >= 11 is 10.2. The first-order chi connectivity index (χ1) is 15.4. The molecule has 2 amide bonds. The molecular weight excluding hydrogens is 517 g/mol. The van der Waals surface area contributed by atoms with Crippen molar-refractivity contribution in [3.8, 4) is 5.75 Å². The van der Waals surface area contributed by atoms with Crippen molar-refractivity contribution < 1.29 is 18.7 Å². The van der Waals surface area contributed by atoms with Crippen LogP contribution in [-0.4, -0.2) is 16.0 Å². The molecule has 0 unspecified atom stereocenters. The van der Waals surface area contributed by atoms with Crippen LogP contribution in [0.3, 0.4) is 0 Å². The Kier molecular flexibility index (Phi) is 6.98. The van der Waals surface area contributed by atoms with Gasteiger partial charge in [-0.05, 0) is 71.4 Å². The maximum absolute atomic E-state index is 13.4. The first kappa shape index (κ1) is 22.6. The number of ether oxygens (including phenoxy) is 1. The summed E-state index contributed by atoms with van der Waals surface area (Å²) in [6, 6.07) is 18.5. The minimum absolute atomic E-state index is 0.165. The molecule has 3 aromatic carbocycles. The number of halogens is 3. The van der Waals surface area contributed by atoms with E-state index in [9.17, 15) is 14.0 Å². The summed E-state index contributed by atoms with van der Waals surface area (Å²) in [5, 5.41) is 0.247. The molecule has 0 bridgehead atoms. The molecule has 0 spiro atoms. The number of hydrogen-bond donors (Lipinski definition) is 0. The third-order valence-electron chi connectivity index (χ3n) is 4.67. The first-order valence-electron chi connectivity index (χ1n) is 9.55. The van der Waals surface area contributed by atoms with E-state index < -0.39 is 0 Å². The lowest BCUT2D eigenvalue weighted by Crippen LogP contribution is -2.27. The van der Waals surface area contributed by atoms with Crippen LogP contribution < -0.4 is 4.74 Å². The highest BCUT2D eigenvalue weighted by molar-refractivity contribution is 9.10. The van der Waals surface area contributed by atoms with Crippen LogP contribution in [0.1, 0.15) is 16.7 Å². The van der Waals surface area contributed by atoms with Gasteiger partial charge in [0.1, 0.15) is 18.2 Å². The minimum atomic E-state index is -0.369. The van der Waals surface area contributed by atoms with Gasteiger partial charge in [-0.15, -0.1) is 0 Å². The lowest BCUT2D eigenvalue weighted by atomic mass is 10.1. The van der Waals surface area contributed by atoms with Crippen LogP contribution in [0.25, 0.3) is 6.08 Å². The molecule has 1 aliphatic heterocycles. The highest BCUT2D eigenvalue weighted by atomic mass is 79.9. The monoisotopic (exact) mass is 531 g/mol. The Bertz CT molecular complexity index is 1220. The summed E-state index contributed by atoms with van der Waals surface area (Å²) in [5.41, 5.74) is 2.12. The van der Waals surface area contributed by atoms with Gasteiger partial charge in [0, 0.05) is 15.1 Å². The van der Waals surface area contributed by atoms with E-state index in [-0.39, 0.29) is 30.1 Å². The smallest absolute Gasteiger partial charge is 0.293 e. The van der Waals surface area contributed by atoms with Crippen molar-refractivity contribution in [1.82, 2.24) is 4.90 Å². The number of rotatable bonds is 6. The lowest BCUT2D eigenvalue weighted by Gasteiger charge is -2.12. The van der Waals surface area contributed by atoms with Gasteiger partial charge in [0.2, 0.25) is 0 Å². The molecule has 0 saturated carbocycles. The number of imide groups is 1. The topological polar surface area (TPSA) is 46.6 Å². The molecule has 1 saturated heterocycles. The largest absolute Gasteiger partial charge is 0.488 e. The number of benzene rings is 3. The van der Waals surface area contributed by atoms with Crippen LogP contribution in [0.15, 0.2) is 76.1 Å². The molecule has 0 atom stereocenters. The Morgan fingerprint density at radius 3 is 2.56 bits per heavy atom. The van der Waals surface area contributed by atoms with Crippen molar-refractivity contribution in [3.63, 3.8) is 0 Å². The molecule has 32 heavy (non-hydrogen) atoms. The van der Waals surface area contributed by atoms with Gasteiger partial charge in [-0.3, -0.25) is 14.5 Å². The molecule has 3 aromatic rings. The van der Waals surface area contributed by atoms with E-state index in [2.05, 4.69) is 15.9 Å². The second-order valence-corrected chi connectivity index (χ2v) is 9.34. The number of amides is 2. The summed E-state index contributed by atoms with van der Waals surface area (Å²) in [5.74, 6) is -0.190. The Morgan fingerprint density at radius 1 is 1.03 bits per heavy atom. The van der Waals surface area contributed by atoms with Gasteiger partial charge in [0.05, 0.1) is 11.4 Å². The lowest BCUT2D eigenvalue weighted by molar-refractivity contribution is -0.123. The van der Waals surface area contributed by atoms with Crippen molar-refractivity contribution in [3.05, 3.63) is 104 Å². The fourth-order valence-electron chi connectivity index (χ4n) is 3.10. The molecule has 0 aliphatic carbocycles. The zero-order chi connectivity index (χ0) is 22.7. The summed E-state index contributed by atoms with van der Waals surface area (Å²) in [4.78, 5) is 26.9. The number of carbonyl (C=O) groups excluding carboxylic acids is 2. The molecule has 8 heteroatoms. The van der Waals surface area contributed by atoms with Gasteiger partial charge in [-0.25, -0.2) is 4.39 Å². The van der Waals surface area contributed by atoms with Crippen LogP contribution in [0.5, 0.6) is 5.75 Å². The van der Waals surface area contributed by atoms with Crippen LogP contribution in [0, 0.1) is 5.82 Å². The SMILES string of the molecule is O=C1S/C(=C\c2cc(Br)ccc2OCc2cccc(F)c2)C(=O)N1Cc1ccc(Cl)cc1. The van der Waals surface area contributed by atoms with E-state index in [0.29, 0.717) is 26.8 Å². The van der Waals surface area contributed by atoms with E-state index in [0.717, 1.165) is 21.8 Å². The zero-order valence-electron chi connectivity index (χ0n) is 16.6. The van der Waals surface area contributed by atoms with E-state index in [1.54, 1.807) is 54.6 Å². The first-order valence-corrected chi connectivity index (χ1v) is 11.5. The summed E-state index contributed by atoms with van der Waals surface area (Å²) in [6.07, 6.45) is 1.64. The molecule has 4 rings (SSSR count). The Hall–Kier alpha value is -2.61. The Balaban J connectivity index is 1.55. The minimum Gasteiger partial charge on any atom is -0.488 e. The van der Waals surface area contributed by atoms with Crippen molar-refractivity contribution >= 4 is 56.5 Å². The number of hydrogen-bond acceptors (Lipinski definition) is 4. The summed E-state index contributed by atoms with van der Waals surface area (Å²) in [7, 11) is 0. The predicted octanol–water partition coefficient (Wildman–Crippen LogP) is 7.06. The predicted molar refractivity (Wildman–Crippen MR) is 128 cm³/mol. The highest BCUT2D eigenvalue weighted by Gasteiger charge is 2.35. The van der Waals surface area contributed by atoms with Gasteiger partial charge in [-0.1, -0.05) is 51.8 Å². The van der Waals surface area contributed by atoms with Gasteiger partial charge in [0.25, 0.3) is 11.1 Å². The third kappa shape index (κ3) is 5.41. The Labute approximate surface area is 202 Å². The molecule has 0 N–H and O–H groups in total. The average Bonchev–Trinajstić information content (AvgIpc) is 3.02. The second-order valence-electron chi connectivity index (χ2n) is 7.00. The van der Waals surface area contributed by atoms with E-state index in [1.807, 2.05) is 6.07 Å². The quantitative estimate of drug-likeness (QED) is 0.319. The molecule has 1 aliphatic rings. The summed E-state index contributed by atoms with van der Waals surface area (Å²) in [6.45, 7) is 0.332. The molecule has 162 valence electrons. The maximum Gasteiger partial charge on any atom is 0.293 e. The standard InChI is InChI=1S/C24H16BrClFNO3S/c25-18-6-9-21(31-14-16-2-1-3-20(27)10-16)17(11-18)12-22-23(29)28(24(30)32-22)13-15-4-7-19(26)8-5-15/h1-12H,13-14H2/b22-12-. The van der Waals surface area contributed by atoms with E-state index in [1.165, 1.54) is 17.0 Å². The second kappa shape index (κ2) is 9.90. The number of carbonyl (C=O) groups is 2. The van der Waals surface area contributed by atoms with Gasteiger partial charge < -0.3 is 4.74 Å². The molecule has 0 aromatic heterocycles. The highest BCUT2D eigenvalue weighted by Crippen LogP contribution is 2.36. The van der Waals surface area contributed by atoms with Gasteiger partial charge in [-0.2, -0.15) is 0 Å². The van der Waals surface area contributed by atoms with E-state index >= 15 is 0 Å². The van der Waals surface area contributed by atoms with Crippen molar-refractivity contribution in [2.24, 2.45) is 0 Å². The van der Waals surface area contributed by atoms with Gasteiger partial charge >= 0.3 is 0 Å².